The van der Waals surface area contributed by atoms with Gasteiger partial charge in [0.25, 0.3) is 0 Å². The minimum atomic E-state index is -1.40. The molecule has 7 N–H and O–H groups in total. The fourth-order valence-corrected chi connectivity index (χ4v) is 3.53. The average molecular weight is 493 g/mol. The number of rotatable bonds is 14. The molecule has 10 nitrogen and oxygen atoms in total. The molecule has 35 heavy (non-hydrogen) atoms. The molecule has 0 saturated heterocycles. The fourth-order valence-electron chi connectivity index (χ4n) is 3.53. The number of hydrogen-bond donors (Lipinski definition) is 6. The highest BCUT2D eigenvalue weighted by molar-refractivity contribution is 5.94. The maximum absolute atomic E-state index is 13.1. The smallest absolute Gasteiger partial charge is 0.326 e. The molecule has 1 aromatic rings. The molecule has 1 rings (SSSR count). The number of aliphatic carboxylic acids is 1. The summed E-state index contributed by atoms with van der Waals surface area (Å²) in [7, 11) is 0. The van der Waals surface area contributed by atoms with E-state index >= 15 is 0 Å². The van der Waals surface area contributed by atoms with Crippen LogP contribution in [0, 0.1) is 11.8 Å². The van der Waals surface area contributed by atoms with E-state index in [1.54, 1.807) is 13.8 Å². The summed E-state index contributed by atoms with van der Waals surface area (Å²) in [5.74, 6) is -3.55. The van der Waals surface area contributed by atoms with Gasteiger partial charge in [-0.1, -0.05) is 64.4 Å². The number of hydrogen-bond acceptors (Lipinski definition) is 6. The summed E-state index contributed by atoms with van der Waals surface area (Å²) in [6.45, 7) is 8.54. The van der Waals surface area contributed by atoms with Gasteiger partial charge in [-0.2, -0.15) is 0 Å². The summed E-state index contributed by atoms with van der Waals surface area (Å²) in [6, 6.07) is 4.77. The Balaban J connectivity index is 2.94. The Morgan fingerprint density at radius 2 is 1.46 bits per heavy atom. The molecule has 10 heteroatoms. The topological polar surface area (TPSA) is 171 Å². The Morgan fingerprint density at radius 1 is 0.886 bits per heavy atom. The molecule has 0 bridgehead atoms. The van der Waals surface area contributed by atoms with Crippen molar-refractivity contribution < 1.29 is 29.4 Å². The van der Waals surface area contributed by atoms with E-state index < -0.39 is 54.0 Å². The molecule has 0 aliphatic heterocycles. The maximum Gasteiger partial charge on any atom is 0.326 e. The number of aliphatic hydroxyl groups is 1. The zero-order valence-electron chi connectivity index (χ0n) is 21.2. The standard InChI is InChI=1S/C25H40N4O6/c1-6-15(4)20(25(34)35)28-24(33)21(16(5)30)29-23(32)19(12-14(2)3)27-22(31)18(26)13-17-10-8-7-9-11-17/h7-11,14-16,18-21,30H,6,12-13,26H2,1-5H3,(H,27,31)(H,28,33)(H,29,32)(H,34,35). The molecule has 6 atom stereocenters. The van der Waals surface area contributed by atoms with Crippen LogP contribution in [0.4, 0.5) is 0 Å². The van der Waals surface area contributed by atoms with Crippen LogP contribution < -0.4 is 21.7 Å². The van der Waals surface area contributed by atoms with Gasteiger partial charge >= 0.3 is 5.97 Å². The monoisotopic (exact) mass is 492 g/mol. The third kappa shape index (κ3) is 10.0. The zero-order chi connectivity index (χ0) is 26.7. The first-order valence-corrected chi connectivity index (χ1v) is 12.0. The molecule has 0 spiro atoms. The lowest BCUT2D eigenvalue weighted by atomic mass is 9.98. The highest BCUT2D eigenvalue weighted by Gasteiger charge is 2.34. The molecular weight excluding hydrogens is 452 g/mol. The van der Waals surface area contributed by atoms with Gasteiger partial charge in [-0.25, -0.2) is 4.79 Å². The SMILES string of the molecule is CCC(C)C(NC(=O)C(NC(=O)C(CC(C)C)NC(=O)C(N)Cc1ccccc1)C(C)O)C(=O)O. The van der Waals surface area contributed by atoms with Gasteiger partial charge in [-0.15, -0.1) is 0 Å². The van der Waals surface area contributed by atoms with Crippen molar-refractivity contribution in [3.05, 3.63) is 35.9 Å². The second-order valence-electron chi connectivity index (χ2n) is 9.42. The number of carboxylic acid groups (broad SMARTS) is 1. The quantitative estimate of drug-likeness (QED) is 0.220. The van der Waals surface area contributed by atoms with Crippen molar-refractivity contribution in [1.29, 1.82) is 0 Å². The third-order valence-corrected chi connectivity index (χ3v) is 5.81. The van der Waals surface area contributed by atoms with Crippen molar-refractivity contribution in [1.82, 2.24) is 16.0 Å². The Kier molecular flexibility index (Phi) is 12.4. The highest BCUT2D eigenvalue weighted by Crippen LogP contribution is 2.10. The van der Waals surface area contributed by atoms with Crippen LogP contribution in [0.25, 0.3) is 0 Å². The van der Waals surface area contributed by atoms with E-state index in [9.17, 15) is 29.4 Å². The molecule has 0 aliphatic carbocycles. The Hall–Kier alpha value is -2.98. The fraction of sp³-hybridized carbons (Fsp3) is 0.600. The van der Waals surface area contributed by atoms with Crippen LogP contribution in [0.5, 0.6) is 0 Å². The summed E-state index contributed by atoms with van der Waals surface area (Å²) in [5, 5.41) is 27.1. The Morgan fingerprint density at radius 3 is 1.94 bits per heavy atom. The van der Waals surface area contributed by atoms with Crippen LogP contribution in [0.3, 0.4) is 0 Å². The highest BCUT2D eigenvalue weighted by atomic mass is 16.4. The Bertz CT molecular complexity index is 846. The van der Waals surface area contributed by atoms with Gasteiger partial charge in [0.1, 0.15) is 18.1 Å². The summed E-state index contributed by atoms with van der Waals surface area (Å²) in [4.78, 5) is 50.1. The van der Waals surface area contributed by atoms with Gasteiger partial charge in [0.15, 0.2) is 0 Å². The van der Waals surface area contributed by atoms with Gasteiger partial charge in [-0.05, 0) is 37.2 Å². The molecule has 3 amide bonds. The molecule has 196 valence electrons. The van der Waals surface area contributed by atoms with Crippen molar-refractivity contribution in [2.24, 2.45) is 17.6 Å². The average Bonchev–Trinajstić information content (AvgIpc) is 2.79. The lowest BCUT2D eigenvalue weighted by Crippen LogP contribution is -2.60. The minimum Gasteiger partial charge on any atom is -0.480 e. The van der Waals surface area contributed by atoms with Gasteiger partial charge in [0, 0.05) is 0 Å². The summed E-state index contributed by atoms with van der Waals surface area (Å²) in [6.07, 6.45) is -0.238. The van der Waals surface area contributed by atoms with E-state index in [1.165, 1.54) is 6.92 Å². The van der Waals surface area contributed by atoms with E-state index in [1.807, 2.05) is 44.2 Å². The first-order chi connectivity index (χ1) is 16.4. The number of nitrogens with one attached hydrogen (secondary N) is 3. The molecule has 0 radical (unpaired) electrons. The lowest BCUT2D eigenvalue weighted by molar-refractivity contribution is -0.144. The van der Waals surface area contributed by atoms with Crippen LogP contribution in [0.2, 0.25) is 0 Å². The molecule has 0 heterocycles. The lowest BCUT2D eigenvalue weighted by Gasteiger charge is -2.28. The van der Waals surface area contributed by atoms with Crippen molar-refractivity contribution in [2.75, 3.05) is 0 Å². The zero-order valence-corrected chi connectivity index (χ0v) is 21.2. The first kappa shape index (κ1) is 30.1. The van der Waals surface area contributed by atoms with Crippen LogP contribution in [-0.4, -0.2) is 64.2 Å². The third-order valence-electron chi connectivity index (χ3n) is 5.81. The molecule has 0 aromatic heterocycles. The van der Waals surface area contributed by atoms with Crippen LogP contribution >= 0.6 is 0 Å². The van der Waals surface area contributed by atoms with Crippen LogP contribution in [0.1, 0.15) is 53.0 Å². The molecule has 0 fully saturated rings. The molecular formula is C25H40N4O6. The predicted octanol–water partition coefficient (Wildman–Crippen LogP) is 0.568. The molecule has 0 aliphatic rings. The van der Waals surface area contributed by atoms with Gasteiger partial charge < -0.3 is 31.9 Å². The minimum absolute atomic E-state index is 0.0250. The number of carbonyl (C=O) groups excluding carboxylic acids is 3. The number of aliphatic hydroxyl groups excluding tert-OH is 1. The van der Waals surface area contributed by atoms with E-state index in [-0.39, 0.29) is 24.7 Å². The van der Waals surface area contributed by atoms with E-state index in [0.717, 1.165) is 5.56 Å². The van der Waals surface area contributed by atoms with Crippen molar-refractivity contribution in [3.63, 3.8) is 0 Å². The summed E-state index contributed by atoms with van der Waals surface area (Å²) >= 11 is 0. The number of carbonyl (C=O) groups is 4. The summed E-state index contributed by atoms with van der Waals surface area (Å²) < 4.78 is 0. The molecule has 0 saturated carbocycles. The molecule has 1 aromatic carbocycles. The predicted molar refractivity (Wildman–Crippen MR) is 132 cm³/mol. The molecule has 6 unspecified atom stereocenters. The number of nitrogens with two attached hydrogens (primary N) is 1. The number of carboxylic acids is 1. The van der Waals surface area contributed by atoms with E-state index in [0.29, 0.717) is 6.42 Å². The maximum atomic E-state index is 13.1. The van der Waals surface area contributed by atoms with E-state index in [2.05, 4.69) is 16.0 Å². The largest absolute Gasteiger partial charge is 0.480 e. The van der Waals surface area contributed by atoms with Gasteiger partial charge in [0.2, 0.25) is 17.7 Å². The van der Waals surface area contributed by atoms with Crippen molar-refractivity contribution >= 4 is 23.7 Å². The van der Waals surface area contributed by atoms with Crippen LogP contribution in [0.15, 0.2) is 30.3 Å². The number of amides is 3. The Labute approximate surface area is 207 Å². The van der Waals surface area contributed by atoms with E-state index in [4.69, 9.17) is 5.73 Å². The van der Waals surface area contributed by atoms with Crippen molar-refractivity contribution in [3.8, 4) is 0 Å². The van der Waals surface area contributed by atoms with Gasteiger partial charge in [0.05, 0.1) is 12.1 Å². The van der Waals surface area contributed by atoms with Crippen molar-refractivity contribution in [2.45, 2.75) is 84.2 Å². The first-order valence-electron chi connectivity index (χ1n) is 12.0. The second kappa shape index (κ2) is 14.4. The number of benzene rings is 1. The second-order valence-corrected chi connectivity index (χ2v) is 9.42. The normalized spacial score (nSPS) is 16.3. The van der Waals surface area contributed by atoms with Crippen LogP contribution in [-0.2, 0) is 25.6 Å². The van der Waals surface area contributed by atoms with Gasteiger partial charge in [-0.3, -0.25) is 14.4 Å². The summed E-state index contributed by atoms with van der Waals surface area (Å²) in [5.41, 5.74) is 6.92.